The summed E-state index contributed by atoms with van der Waals surface area (Å²) in [6.45, 7) is 3.35. The Bertz CT molecular complexity index is 624. The number of aromatic nitrogens is 4. The smallest absolute Gasteiger partial charge is 0.163 e. The first-order valence-electron chi connectivity index (χ1n) is 7.92. The largest absolute Gasteiger partial charge is 0.356 e. The van der Waals surface area contributed by atoms with Crippen LogP contribution in [0.1, 0.15) is 25.7 Å². The Morgan fingerprint density at radius 2 is 2.00 bits per heavy atom. The summed E-state index contributed by atoms with van der Waals surface area (Å²) in [5.41, 5.74) is 0.914. The molecule has 1 aliphatic heterocycles. The molecule has 0 unspecified atom stereocenters. The predicted molar refractivity (Wildman–Crippen MR) is 82.3 cm³/mol. The average Bonchev–Trinajstić information content (AvgIpc) is 3.28. The first kappa shape index (κ1) is 13.0. The lowest BCUT2D eigenvalue weighted by molar-refractivity contribution is 0.381. The molecule has 3 heterocycles. The Labute approximate surface area is 124 Å². The summed E-state index contributed by atoms with van der Waals surface area (Å²) in [6, 6.07) is 0.819. The molecule has 112 valence electrons. The molecule has 0 bridgehead atoms. The first-order chi connectivity index (χ1) is 10.3. The van der Waals surface area contributed by atoms with Gasteiger partial charge < -0.3 is 10.2 Å². The second-order valence-electron chi connectivity index (χ2n) is 6.32. The van der Waals surface area contributed by atoms with Gasteiger partial charge in [-0.05, 0) is 38.1 Å². The molecule has 0 spiro atoms. The predicted octanol–water partition coefficient (Wildman–Crippen LogP) is 1.33. The van der Waals surface area contributed by atoms with Crippen molar-refractivity contribution in [3.05, 3.63) is 12.5 Å². The molecule has 6 nitrogen and oxygen atoms in total. The van der Waals surface area contributed by atoms with E-state index in [1.807, 2.05) is 17.9 Å². The fourth-order valence-corrected chi connectivity index (χ4v) is 3.17. The van der Waals surface area contributed by atoms with Crippen LogP contribution >= 0.6 is 0 Å². The molecule has 2 aromatic rings. The lowest BCUT2D eigenvalue weighted by Crippen LogP contribution is -2.38. The fourth-order valence-electron chi connectivity index (χ4n) is 3.17. The number of piperidine rings is 1. The third kappa shape index (κ3) is 2.60. The van der Waals surface area contributed by atoms with Crippen LogP contribution < -0.4 is 10.2 Å². The van der Waals surface area contributed by atoms with Gasteiger partial charge in [-0.25, -0.2) is 9.97 Å². The van der Waals surface area contributed by atoms with Crippen molar-refractivity contribution in [1.82, 2.24) is 25.1 Å². The Kier molecular flexibility index (Phi) is 3.25. The zero-order chi connectivity index (χ0) is 14.2. The van der Waals surface area contributed by atoms with Crippen LogP contribution in [0.25, 0.3) is 11.0 Å². The van der Waals surface area contributed by atoms with Crippen molar-refractivity contribution in [2.24, 2.45) is 13.0 Å². The quantitative estimate of drug-likeness (QED) is 0.919. The van der Waals surface area contributed by atoms with Gasteiger partial charge in [0.2, 0.25) is 0 Å². The maximum absolute atomic E-state index is 4.50. The molecule has 0 radical (unpaired) electrons. The van der Waals surface area contributed by atoms with Crippen molar-refractivity contribution in [1.29, 1.82) is 0 Å². The highest BCUT2D eigenvalue weighted by atomic mass is 15.3. The van der Waals surface area contributed by atoms with Crippen molar-refractivity contribution in [2.45, 2.75) is 31.7 Å². The maximum Gasteiger partial charge on any atom is 0.163 e. The second kappa shape index (κ2) is 5.26. The van der Waals surface area contributed by atoms with E-state index < -0.39 is 0 Å². The first-order valence-corrected chi connectivity index (χ1v) is 7.92. The fraction of sp³-hybridized carbons (Fsp3) is 0.667. The van der Waals surface area contributed by atoms with Crippen LogP contribution in [-0.4, -0.2) is 45.4 Å². The Hall–Kier alpha value is -1.69. The zero-order valence-electron chi connectivity index (χ0n) is 12.5. The number of hydrogen-bond acceptors (Lipinski definition) is 5. The van der Waals surface area contributed by atoms with Crippen LogP contribution in [0.2, 0.25) is 0 Å². The van der Waals surface area contributed by atoms with E-state index in [2.05, 4.69) is 25.3 Å². The highest BCUT2D eigenvalue weighted by Gasteiger charge is 2.25. The number of anilines is 1. The summed E-state index contributed by atoms with van der Waals surface area (Å²) in [5, 5.41) is 9.02. The van der Waals surface area contributed by atoms with E-state index in [1.54, 1.807) is 6.33 Å². The number of fused-ring (bicyclic) bond motifs is 1. The zero-order valence-corrected chi connectivity index (χ0v) is 12.5. The molecule has 2 fully saturated rings. The molecule has 0 aromatic carbocycles. The summed E-state index contributed by atoms with van der Waals surface area (Å²) < 4.78 is 1.81. The monoisotopic (exact) mass is 286 g/mol. The molecule has 6 heteroatoms. The highest BCUT2D eigenvalue weighted by molar-refractivity contribution is 5.86. The van der Waals surface area contributed by atoms with Gasteiger partial charge in [0, 0.05) is 26.2 Å². The van der Waals surface area contributed by atoms with Gasteiger partial charge in [-0.15, -0.1) is 0 Å². The van der Waals surface area contributed by atoms with E-state index in [0.29, 0.717) is 0 Å². The normalized spacial score (nSPS) is 20.3. The van der Waals surface area contributed by atoms with Gasteiger partial charge in [0.25, 0.3) is 0 Å². The number of nitrogens with one attached hydrogen (secondary N) is 1. The van der Waals surface area contributed by atoms with Crippen LogP contribution in [0.3, 0.4) is 0 Å². The molecule has 1 N–H and O–H groups in total. The number of nitrogens with zero attached hydrogens (tertiary/aromatic N) is 5. The van der Waals surface area contributed by atoms with Gasteiger partial charge in [0.05, 0.1) is 11.6 Å². The van der Waals surface area contributed by atoms with Crippen molar-refractivity contribution < 1.29 is 0 Å². The average molecular weight is 286 g/mol. The standard InChI is InChI=1S/C15H22N6/c1-20-14-13(9-19-20)15(18-10-17-14)21-6-4-11(5-7-21)8-16-12-2-3-12/h9-12,16H,2-8H2,1H3. The molecular formula is C15H22N6. The van der Waals surface area contributed by atoms with Crippen LogP contribution in [-0.2, 0) is 7.05 Å². The number of hydrogen-bond donors (Lipinski definition) is 1. The second-order valence-corrected chi connectivity index (χ2v) is 6.32. The molecule has 2 aromatic heterocycles. The molecule has 2 aliphatic rings. The van der Waals surface area contributed by atoms with Crippen molar-refractivity contribution in [3.8, 4) is 0 Å². The van der Waals surface area contributed by atoms with Gasteiger partial charge in [-0.3, -0.25) is 4.68 Å². The third-order valence-corrected chi connectivity index (χ3v) is 4.70. The minimum Gasteiger partial charge on any atom is -0.356 e. The molecule has 1 saturated carbocycles. The van der Waals surface area contributed by atoms with E-state index in [0.717, 1.165) is 41.9 Å². The summed E-state index contributed by atoms with van der Waals surface area (Å²) in [7, 11) is 1.93. The van der Waals surface area contributed by atoms with Gasteiger partial charge in [0.1, 0.15) is 12.1 Å². The van der Waals surface area contributed by atoms with E-state index >= 15 is 0 Å². The lowest BCUT2D eigenvalue weighted by atomic mass is 9.96. The Morgan fingerprint density at radius 1 is 1.19 bits per heavy atom. The SMILES string of the molecule is Cn1ncc2c(N3CCC(CNC4CC4)CC3)ncnc21. The molecule has 0 atom stereocenters. The molecule has 4 rings (SSSR count). The molecule has 0 amide bonds. The van der Waals surface area contributed by atoms with Gasteiger partial charge in [-0.1, -0.05) is 0 Å². The van der Waals surface area contributed by atoms with Crippen molar-refractivity contribution in [2.75, 3.05) is 24.5 Å². The Morgan fingerprint density at radius 3 is 2.76 bits per heavy atom. The van der Waals surface area contributed by atoms with E-state index in [-0.39, 0.29) is 0 Å². The van der Waals surface area contributed by atoms with Crippen LogP contribution in [0.4, 0.5) is 5.82 Å². The van der Waals surface area contributed by atoms with Crippen LogP contribution in [0.15, 0.2) is 12.5 Å². The van der Waals surface area contributed by atoms with Gasteiger partial charge in [0.15, 0.2) is 5.65 Å². The number of aryl methyl sites for hydroxylation is 1. The minimum absolute atomic E-state index is 0.813. The number of rotatable bonds is 4. The summed E-state index contributed by atoms with van der Waals surface area (Å²) in [6.07, 6.45) is 8.76. The summed E-state index contributed by atoms with van der Waals surface area (Å²) >= 11 is 0. The van der Waals surface area contributed by atoms with E-state index in [4.69, 9.17) is 0 Å². The highest BCUT2D eigenvalue weighted by Crippen LogP contribution is 2.27. The molecule has 1 aliphatic carbocycles. The minimum atomic E-state index is 0.813. The van der Waals surface area contributed by atoms with Crippen LogP contribution in [0.5, 0.6) is 0 Å². The Balaban J connectivity index is 1.44. The maximum atomic E-state index is 4.50. The van der Waals surface area contributed by atoms with Gasteiger partial charge >= 0.3 is 0 Å². The van der Waals surface area contributed by atoms with Gasteiger partial charge in [-0.2, -0.15) is 5.10 Å². The summed E-state index contributed by atoms with van der Waals surface area (Å²) in [4.78, 5) is 11.2. The molecule has 1 saturated heterocycles. The van der Waals surface area contributed by atoms with Crippen molar-refractivity contribution in [3.63, 3.8) is 0 Å². The third-order valence-electron chi connectivity index (χ3n) is 4.70. The van der Waals surface area contributed by atoms with Crippen molar-refractivity contribution >= 4 is 16.9 Å². The summed E-state index contributed by atoms with van der Waals surface area (Å²) in [5.74, 6) is 1.86. The topological polar surface area (TPSA) is 58.9 Å². The van der Waals surface area contributed by atoms with E-state index in [1.165, 1.54) is 32.2 Å². The van der Waals surface area contributed by atoms with E-state index in [9.17, 15) is 0 Å². The molecular weight excluding hydrogens is 264 g/mol. The lowest BCUT2D eigenvalue weighted by Gasteiger charge is -2.33. The molecule has 21 heavy (non-hydrogen) atoms. The van der Waals surface area contributed by atoms with Crippen LogP contribution in [0, 0.1) is 5.92 Å².